The summed E-state index contributed by atoms with van der Waals surface area (Å²) in [5.74, 6) is -0.114. The molecule has 0 spiro atoms. The number of Topliss-reactive ketones (excluding diaryl/α,β-unsaturated/α-hetero) is 1. The van der Waals surface area contributed by atoms with Crippen molar-refractivity contribution in [2.75, 3.05) is 30.4 Å². The molecule has 3 rings (SSSR count). The number of ketones is 1. The van der Waals surface area contributed by atoms with E-state index < -0.39 is 17.6 Å². The Bertz CT molecular complexity index is 905. The van der Waals surface area contributed by atoms with Gasteiger partial charge in [0.05, 0.1) is 24.0 Å². The molecule has 1 aliphatic rings. The molecule has 0 aliphatic carbocycles. The highest BCUT2D eigenvalue weighted by molar-refractivity contribution is 6.01. The van der Waals surface area contributed by atoms with Crippen LogP contribution < -0.4 is 15.0 Å². The first kappa shape index (κ1) is 21.7. The van der Waals surface area contributed by atoms with Crippen molar-refractivity contribution in [3.05, 3.63) is 53.6 Å². The molecule has 2 aromatic carbocycles. The lowest BCUT2D eigenvalue weighted by atomic mass is 10.1. The number of benzene rings is 2. The Balaban J connectivity index is 1.68. The third-order valence-electron chi connectivity index (χ3n) is 5.04. The van der Waals surface area contributed by atoms with Crippen LogP contribution in [0, 0.1) is 0 Å². The van der Waals surface area contributed by atoms with Crippen molar-refractivity contribution < 1.29 is 27.5 Å². The molecule has 0 bridgehead atoms. The minimum absolute atomic E-state index is 0.0455. The maximum absolute atomic E-state index is 13.1. The van der Waals surface area contributed by atoms with Crippen molar-refractivity contribution >= 4 is 23.1 Å². The molecule has 0 aromatic heterocycles. The molecule has 0 atom stereocenters. The van der Waals surface area contributed by atoms with Crippen LogP contribution in [0.4, 0.5) is 24.5 Å². The molecular formula is C22H23F3N2O3. The summed E-state index contributed by atoms with van der Waals surface area (Å²) in [6.07, 6.45) is -2.78. The molecule has 1 amide bonds. The summed E-state index contributed by atoms with van der Waals surface area (Å²) in [7, 11) is 1.52. The molecule has 0 unspecified atom stereocenters. The predicted octanol–water partition coefficient (Wildman–Crippen LogP) is 4.92. The summed E-state index contributed by atoms with van der Waals surface area (Å²) < 4.78 is 44.4. The van der Waals surface area contributed by atoms with Gasteiger partial charge < -0.3 is 15.0 Å². The van der Waals surface area contributed by atoms with Gasteiger partial charge >= 0.3 is 6.18 Å². The topological polar surface area (TPSA) is 58.6 Å². The van der Waals surface area contributed by atoms with E-state index in [0.29, 0.717) is 17.0 Å². The highest BCUT2D eigenvalue weighted by Crippen LogP contribution is 2.36. The van der Waals surface area contributed by atoms with Crippen LogP contribution in [0.1, 0.15) is 41.6 Å². The predicted molar refractivity (Wildman–Crippen MR) is 108 cm³/mol. The van der Waals surface area contributed by atoms with Crippen molar-refractivity contribution in [2.45, 2.75) is 31.9 Å². The average molecular weight is 420 g/mol. The number of carbonyl (C=O) groups is 2. The summed E-state index contributed by atoms with van der Waals surface area (Å²) in [6, 6.07) is 9.89. The summed E-state index contributed by atoms with van der Waals surface area (Å²) in [5, 5.41) is 2.57. The zero-order chi connectivity index (χ0) is 21.7. The molecule has 0 saturated carbocycles. The largest absolute Gasteiger partial charge is 0.497 e. The monoisotopic (exact) mass is 420 g/mol. The van der Waals surface area contributed by atoms with E-state index in [1.807, 2.05) is 4.90 Å². The number of nitrogens with zero attached hydrogens (tertiary/aromatic N) is 1. The summed E-state index contributed by atoms with van der Waals surface area (Å²) in [5.41, 5.74) is 0.305. The van der Waals surface area contributed by atoms with Crippen LogP contribution >= 0.6 is 0 Å². The van der Waals surface area contributed by atoms with E-state index in [0.717, 1.165) is 38.1 Å². The number of amides is 1. The number of nitrogens with one attached hydrogen (secondary N) is 1. The second-order valence-corrected chi connectivity index (χ2v) is 7.12. The van der Waals surface area contributed by atoms with Gasteiger partial charge in [0.25, 0.3) is 0 Å². The highest BCUT2D eigenvalue weighted by atomic mass is 19.4. The van der Waals surface area contributed by atoms with Crippen molar-refractivity contribution in [3.63, 3.8) is 0 Å². The molecule has 0 radical (unpaired) electrons. The molecule has 5 nitrogen and oxygen atoms in total. The number of rotatable bonds is 7. The molecule has 30 heavy (non-hydrogen) atoms. The fourth-order valence-corrected chi connectivity index (χ4v) is 3.41. The van der Waals surface area contributed by atoms with Crippen LogP contribution in [-0.4, -0.2) is 31.9 Å². The van der Waals surface area contributed by atoms with Gasteiger partial charge in [-0.3, -0.25) is 9.59 Å². The maximum Gasteiger partial charge on any atom is 0.416 e. The molecule has 1 fully saturated rings. The van der Waals surface area contributed by atoms with Crippen LogP contribution in [0.2, 0.25) is 0 Å². The van der Waals surface area contributed by atoms with E-state index in [1.165, 1.54) is 13.2 Å². The minimum Gasteiger partial charge on any atom is -0.497 e. The Hall–Kier alpha value is -3.03. The minimum atomic E-state index is -4.51. The lowest BCUT2D eigenvalue weighted by Crippen LogP contribution is -2.22. The van der Waals surface area contributed by atoms with E-state index in [1.54, 1.807) is 24.3 Å². The summed E-state index contributed by atoms with van der Waals surface area (Å²) in [4.78, 5) is 26.6. The van der Waals surface area contributed by atoms with E-state index in [-0.39, 0.29) is 24.3 Å². The van der Waals surface area contributed by atoms with E-state index >= 15 is 0 Å². The van der Waals surface area contributed by atoms with Crippen LogP contribution in [0.5, 0.6) is 5.75 Å². The first-order valence-electron chi connectivity index (χ1n) is 9.71. The van der Waals surface area contributed by atoms with E-state index in [9.17, 15) is 22.8 Å². The quantitative estimate of drug-likeness (QED) is 0.647. The van der Waals surface area contributed by atoms with Crippen molar-refractivity contribution in [1.29, 1.82) is 0 Å². The third kappa shape index (κ3) is 5.31. The number of methoxy groups -OCH3 is 1. The molecule has 1 heterocycles. The molecule has 8 heteroatoms. The first-order chi connectivity index (χ1) is 14.3. The fraction of sp³-hybridized carbons (Fsp3) is 0.364. The second kappa shape index (κ2) is 9.19. The standard InChI is InChI=1S/C22H23F3N2O3/c1-30-17-7-4-15(5-8-17)20(28)10-11-21(29)26-18-14-16(22(23,24)25)6-9-19(18)27-12-2-3-13-27/h4-9,14H,2-3,10-13H2,1H3,(H,26,29). The lowest BCUT2D eigenvalue weighted by Gasteiger charge is -2.23. The van der Waals surface area contributed by atoms with E-state index in [2.05, 4.69) is 5.32 Å². The number of hydrogen-bond donors (Lipinski definition) is 1. The van der Waals surface area contributed by atoms with Gasteiger partial charge in [0, 0.05) is 31.5 Å². The Labute approximate surface area is 172 Å². The molecule has 2 aromatic rings. The van der Waals surface area contributed by atoms with Crippen molar-refractivity contribution in [2.24, 2.45) is 0 Å². The molecule has 160 valence electrons. The fourth-order valence-electron chi connectivity index (χ4n) is 3.41. The molecule has 1 aliphatic heterocycles. The smallest absolute Gasteiger partial charge is 0.416 e. The van der Waals surface area contributed by atoms with Gasteiger partial charge in [-0.05, 0) is 55.3 Å². The number of alkyl halides is 3. The number of halogens is 3. The third-order valence-corrected chi connectivity index (χ3v) is 5.04. The zero-order valence-corrected chi connectivity index (χ0v) is 16.6. The highest BCUT2D eigenvalue weighted by Gasteiger charge is 2.32. The molecule has 1 N–H and O–H groups in total. The average Bonchev–Trinajstić information content (AvgIpc) is 3.26. The Morgan fingerprint density at radius 3 is 2.30 bits per heavy atom. The maximum atomic E-state index is 13.1. The SMILES string of the molecule is COc1ccc(C(=O)CCC(=O)Nc2cc(C(F)(F)F)ccc2N2CCCC2)cc1. The normalized spacial score (nSPS) is 13.9. The Morgan fingerprint density at radius 2 is 1.70 bits per heavy atom. The summed E-state index contributed by atoms with van der Waals surface area (Å²) >= 11 is 0. The van der Waals surface area contributed by atoms with Crippen LogP contribution in [0.15, 0.2) is 42.5 Å². The van der Waals surface area contributed by atoms with Gasteiger partial charge in [-0.15, -0.1) is 0 Å². The van der Waals surface area contributed by atoms with Crippen molar-refractivity contribution in [1.82, 2.24) is 0 Å². The Kier molecular flexibility index (Phi) is 6.64. The lowest BCUT2D eigenvalue weighted by molar-refractivity contribution is -0.137. The van der Waals surface area contributed by atoms with Crippen molar-refractivity contribution in [3.8, 4) is 5.75 Å². The van der Waals surface area contributed by atoms with Gasteiger partial charge in [-0.2, -0.15) is 13.2 Å². The summed E-state index contributed by atoms with van der Waals surface area (Å²) in [6.45, 7) is 1.45. The second-order valence-electron chi connectivity index (χ2n) is 7.12. The number of hydrogen-bond acceptors (Lipinski definition) is 4. The van der Waals surface area contributed by atoms with Crippen LogP contribution in [0.3, 0.4) is 0 Å². The van der Waals surface area contributed by atoms with Gasteiger partial charge in [0.15, 0.2) is 5.78 Å². The Morgan fingerprint density at radius 1 is 1.03 bits per heavy atom. The molecular weight excluding hydrogens is 397 g/mol. The van der Waals surface area contributed by atoms with Gasteiger partial charge in [0.1, 0.15) is 5.75 Å². The van der Waals surface area contributed by atoms with Gasteiger partial charge in [-0.25, -0.2) is 0 Å². The van der Waals surface area contributed by atoms with Crippen LogP contribution in [0.25, 0.3) is 0 Å². The molecule has 1 saturated heterocycles. The number of carbonyl (C=O) groups excluding carboxylic acids is 2. The van der Waals surface area contributed by atoms with Gasteiger partial charge in [-0.1, -0.05) is 0 Å². The van der Waals surface area contributed by atoms with Crippen LogP contribution in [-0.2, 0) is 11.0 Å². The van der Waals surface area contributed by atoms with E-state index in [4.69, 9.17) is 4.74 Å². The zero-order valence-electron chi connectivity index (χ0n) is 16.6. The number of anilines is 2. The first-order valence-corrected chi connectivity index (χ1v) is 9.71. The van der Waals surface area contributed by atoms with Gasteiger partial charge in [0.2, 0.25) is 5.91 Å². The number of ether oxygens (including phenoxy) is 1.